The molecular formula is C15H12BrF3. The zero-order valence-corrected chi connectivity index (χ0v) is 11.8. The van der Waals surface area contributed by atoms with Crippen LogP contribution in [0.1, 0.15) is 21.5 Å². The normalized spacial score (nSPS) is 12.5. The van der Waals surface area contributed by atoms with E-state index in [0.29, 0.717) is 17.5 Å². The van der Waals surface area contributed by atoms with E-state index < -0.39 is 11.6 Å². The highest BCUT2D eigenvalue weighted by molar-refractivity contribution is 9.09. The van der Waals surface area contributed by atoms with E-state index in [0.717, 1.165) is 11.6 Å². The van der Waals surface area contributed by atoms with Crippen molar-refractivity contribution in [3.05, 3.63) is 70.5 Å². The largest absolute Gasteiger partial charge is 0.207 e. The highest BCUT2D eigenvalue weighted by Crippen LogP contribution is 2.29. The molecule has 0 bridgehead atoms. The smallest absolute Gasteiger partial charge is 0.129 e. The SMILES string of the molecule is Cc1cc(C(Br)Cc2ccc(F)cc2F)ccc1F. The van der Waals surface area contributed by atoms with Gasteiger partial charge < -0.3 is 0 Å². The summed E-state index contributed by atoms with van der Waals surface area (Å²) in [4.78, 5) is -0.147. The zero-order chi connectivity index (χ0) is 14.0. The van der Waals surface area contributed by atoms with E-state index in [9.17, 15) is 13.2 Å². The number of alkyl halides is 1. The second kappa shape index (κ2) is 5.78. The van der Waals surface area contributed by atoms with Crippen LogP contribution in [0.2, 0.25) is 0 Å². The molecule has 0 saturated heterocycles. The first-order chi connectivity index (χ1) is 8.97. The first-order valence-corrected chi connectivity index (χ1v) is 6.73. The Hall–Kier alpha value is -1.29. The van der Waals surface area contributed by atoms with E-state index in [1.54, 1.807) is 19.1 Å². The number of halogens is 4. The molecule has 0 aliphatic heterocycles. The molecule has 0 heterocycles. The number of benzene rings is 2. The molecule has 100 valence electrons. The van der Waals surface area contributed by atoms with Gasteiger partial charge in [-0.3, -0.25) is 0 Å². The third-order valence-electron chi connectivity index (χ3n) is 2.96. The number of hydrogen-bond donors (Lipinski definition) is 0. The minimum Gasteiger partial charge on any atom is -0.207 e. The Balaban J connectivity index is 2.20. The predicted molar refractivity (Wildman–Crippen MR) is 72.9 cm³/mol. The Bertz CT molecular complexity index is 596. The van der Waals surface area contributed by atoms with E-state index in [2.05, 4.69) is 15.9 Å². The predicted octanol–water partition coefficient (Wildman–Crippen LogP) is 5.09. The van der Waals surface area contributed by atoms with Gasteiger partial charge in [0.05, 0.1) is 0 Å². The van der Waals surface area contributed by atoms with Crippen LogP contribution in [-0.4, -0.2) is 0 Å². The van der Waals surface area contributed by atoms with Gasteiger partial charge in [0, 0.05) is 10.9 Å². The Labute approximate surface area is 118 Å². The fraction of sp³-hybridized carbons (Fsp3) is 0.200. The van der Waals surface area contributed by atoms with Crippen LogP contribution in [0.4, 0.5) is 13.2 Å². The topological polar surface area (TPSA) is 0 Å². The Kier molecular flexibility index (Phi) is 4.30. The molecule has 2 aromatic carbocycles. The van der Waals surface area contributed by atoms with Gasteiger partial charge in [-0.25, -0.2) is 13.2 Å². The van der Waals surface area contributed by atoms with Crippen molar-refractivity contribution in [2.24, 2.45) is 0 Å². The lowest BCUT2D eigenvalue weighted by atomic mass is 10.0. The molecule has 0 aromatic heterocycles. The van der Waals surface area contributed by atoms with Crippen molar-refractivity contribution >= 4 is 15.9 Å². The summed E-state index contributed by atoms with van der Waals surface area (Å²) in [6, 6.07) is 8.29. The maximum Gasteiger partial charge on any atom is 0.129 e. The molecule has 2 aromatic rings. The summed E-state index contributed by atoms with van der Waals surface area (Å²) >= 11 is 3.45. The molecule has 0 spiro atoms. The molecule has 0 aliphatic carbocycles. The molecule has 19 heavy (non-hydrogen) atoms. The van der Waals surface area contributed by atoms with E-state index >= 15 is 0 Å². The van der Waals surface area contributed by atoms with Gasteiger partial charge >= 0.3 is 0 Å². The van der Waals surface area contributed by atoms with Crippen molar-refractivity contribution in [3.8, 4) is 0 Å². The van der Waals surface area contributed by atoms with Gasteiger partial charge in [-0.1, -0.05) is 34.1 Å². The molecule has 0 nitrogen and oxygen atoms in total. The molecule has 0 saturated carbocycles. The van der Waals surface area contributed by atoms with Crippen molar-refractivity contribution in [1.82, 2.24) is 0 Å². The molecule has 1 unspecified atom stereocenters. The Morgan fingerprint density at radius 3 is 2.37 bits per heavy atom. The second-order valence-electron chi connectivity index (χ2n) is 4.42. The molecular weight excluding hydrogens is 317 g/mol. The first kappa shape index (κ1) is 14.1. The van der Waals surface area contributed by atoms with Crippen molar-refractivity contribution < 1.29 is 13.2 Å². The van der Waals surface area contributed by atoms with Crippen molar-refractivity contribution in [3.63, 3.8) is 0 Å². The van der Waals surface area contributed by atoms with Crippen LogP contribution >= 0.6 is 15.9 Å². The van der Waals surface area contributed by atoms with Gasteiger partial charge in [-0.15, -0.1) is 0 Å². The van der Waals surface area contributed by atoms with Gasteiger partial charge in [-0.05, 0) is 42.2 Å². The monoisotopic (exact) mass is 328 g/mol. The third kappa shape index (κ3) is 3.38. The number of aryl methyl sites for hydroxylation is 1. The van der Waals surface area contributed by atoms with E-state index in [4.69, 9.17) is 0 Å². The Morgan fingerprint density at radius 1 is 1.00 bits per heavy atom. The van der Waals surface area contributed by atoms with Crippen molar-refractivity contribution in [2.45, 2.75) is 18.2 Å². The summed E-state index contributed by atoms with van der Waals surface area (Å²) in [6.45, 7) is 1.68. The van der Waals surface area contributed by atoms with Crippen molar-refractivity contribution in [1.29, 1.82) is 0 Å². The zero-order valence-electron chi connectivity index (χ0n) is 10.3. The Morgan fingerprint density at radius 2 is 1.74 bits per heavy atom. The van der Waals surface area contributed by atoms with E-state index in [1.165, 1.54) is 18.2 Å². The van der Waals surface area contributed by atoms with Crippen LogP contribution in [0.3, 0.4) is 0 Å². The maximum absolute atomic E-state index is 13.5. The van der Waals surface area contributed by atoms with Crippen LogP contribution in [0.15, 0.2) is 36.4 Å². The van der Waals surface area contributed by atoms with E-state index in [1.807, 2.05) is 0 Å². The third-order valence-corrected chi connectivity index (χ3v) is 3.81. The lowest BCUT2D eigenvalue weighted by Gasteiger charge is -2.12. The van der Waals surface area contributed by atoms with Crippen LogP contribution in [-0.2, 0) is 6.42 Å². The average molecular weight is 329 g/mol. The number of rotatable bonds is 3. The van der Waals surface area contributed by atoms with Gasteiger partial charge in [0.15, 0.2) is 0 Å². The summed E-state index contributed by atoms with van der Waals surface area (Å²) in [5.41, 5.74) is 1.83. The lowest BCUT2D eigenvalue weighted by Crippen LogP contribution is -1.99. The van der Waals surface area contributed by atoms with Crippen LogP contribution in [0.5, 0.6) is 0 Å². The van der Waals surface area contributed by atoms with Crippen molar-refractivity contribution in [2.75, 3.05) is 0 Å². The molecule has 4 heteroatoms. The minimum atomic E-state index is -0.593. The highest BCUT2D eigenvalue weighted by atomic mass is 79.9. The standard InChI is InChI=1S/C15H12BrF3/c1-9-6-10(3-5-14(9)18)13(16)7-11-2-4-12(17)8-15(11)19/h2-6,8,13H,7H2,1H3. The lowest BCUT2D eigenvalue weighted by molar-refractivity contribution is 0.571. The quantitative estimate of drug-likeness (QED) is 0.688. The summed E-state index contributed by atoms with van der Waals surface area (Å²) in [5, 5.41) is 0. The van der Waals surface area contributed by atoms with Gasteiger partial charge in [-0.2, -0.15) is 0 Å². The molecule has 0 fully saturated rings. The molecule has 0 amide bonds. The van der Waals surface area contributed by atoms with Gasteiger partial charge in [0.25, 0.3) is 0 Å². The average Bonchev–Trinajstić information content (AvgIpc) is 2.36. The van der Waals surface area contributed by atoms with Crippen LogP contribution in [0.25, 0.3) is 0 Å². The molecule has 1 atom stereocenters. The van der Waals surface area contributed by atoms with Gasteiger partial charge in [0.2, 0.25) is 0 Å². The summed E-state index contributed by atoms with van der Waals surface area (Å²) in [7, 11) is 0. The van der Waals surface area contributed by atoms with E-state index in [-0.39, 0.29) is 10.6 Å². The van der Waals surface area contributed by atoms with Crippen LogP contribution in [0, 0.1) is 24.4 Å². The molecule has 0 radical (unpaired) electrons. The fourth-order valence-corrected chi connectivity index (χ4v) is 2.49. The maximum atomic E-state index is 13.5. The minimum absolute atomic E-state index is 0.147. The molecule has 0 N–H and O–H groups in total. The van der Waals surface area contributed by atoms with Crippen LogP contribution < -0.4 is 0 Å². The summed E-state index contributed by atoms with van der Waals surface area (Å²) in [6.07, 6.45) is 0.372. The van der Waals surface area contributed by atoms with Gasteiger partial charge in [0.1, 0.15) is 17.5 Å². The highest BCUT2D eigenvalue weighted by Gasteiger charge is 2.13. The fourth-order valence-electron chi connectivity index (χ4n) is 1.86. The first-order valence-electron chi connectivity index (χ1n) is 5.81. The molecule has 2 rings (SSSR count). The number of hydrogen-bond acceptors (Lipinski definition) is 0. The second-order valence-corrected chi connectivity index (χ2v) is 5.52. The summed E-state index contributed by atoms with van der Waals surface area (Å²) < 4.78 is 39.5. The molecule has 0 aliphatic rings. The summed E-state index contributed by atoms with van der Waals surface area (Å²) in [5.74, 6) is -1.43.